The van der Waals surface area contributed by atoms with Crippen LogP contribution in [0.4, 0.5) is 4.79 Å². The quantitative estimate of drug-likeness (QED) is 0.571. The third kappa shape index (κ3) is 6.51. The van der Waals surface area contributed by atoms with E-state index in [1.807, 2.05) is 0 Å². The Labute approximate surface area is 192 Å². The van der Waals surface area contributed by atoms with Crippen molar-refractivity contribution < 1.29 is 22.8 Å². The van der Waals surface area contributed by atoms with Crippen molar-refractivity contribution in [2.75, 3.05) is 26.4 Å². The summed E-state index contributed by atoms with van der Waals surface area (Å²) in [6.07, 6.45) is 2.40. The first-order valence-corrected chi connectivity index (χ1v) is 12.4. The molecule has 4 amide bonds. The summed E-state index contributed by atoms with van der Waals surface area (Å²) in [6, 6.07) is 10.7. The summed E-state index contributed by atoms with van der Waals surface area (Å²) < 4.78 is 23.1. The zero-order chi connectivity index (χ0) is 24.0. The van der Waals surface area contributed by atoms with Crippen molar-refractivity contribution in [3.05, 3.63) is 59.4 Å². The summed E-state index contributed by atoms with van der Waals surface area (Å²) in [5.74, 6) is -0.824. The molecule has 0 saturated carbocycles. The van der Waals surface area contributed by atoms with Crippen LogP contribution in [0.15, 0.2) is 47.4 Å². The fraction of sp³-hybridized carbons (Fsp3) is 0.364. The summed E-state index contributed by atoms with van der Waals surface area (Å²) in [4.78, 5) is 42.8. The van der Waals surface area contributed by atoms with Crippen molar-refractivity contribution >= 4 is 27.7 Å². The first kappa shape index (κ1) is 24.2. The number of carbonyl (C=O) groups is 3. The predicted molar refractivity (Wildman–Crippen MR) is 121 cm³/mol. The number of amides is 4. The molecule has 1 aromatic carbocycles. The molecular formula is C22H27N5O5S. The first-order chi connectivity index (χ1) is 15.7. The van der Waals surface area contributed by atoms with Gasteiger partial charge in [0.05, 0.1) is 4.90 Å². The van der Waals surface area contributed by atoms with Crippen molar-refractivity contribution in [3.63, 3.8) is 0 Å². The zero-order valence-electron chi connectivity index (χ0n) is 18.5. The molecule has 2 heterocycles. The van der Waals surface area contributed by atoms with Crippen LogP contribution in [0.2, 0.25) is 0 Å². The van der Waals surface area contributed by atoms with Crippen molar-refractivity contribution in [1.82, 2.24) is 25.8 Å². The minimum atomic E-state index is -3.28. The van der Waals surface area contributed by atoms with Crippen LogP contribution in [-0.2, 0) is 16.4 Å². The number of rotatable bonds is 6. The number of urea groups is 1. The number of benzene rings is 1. The van der Waals surface area contributed by atoms with Crippen LogP contribution in [0.5, 0.6) is 0 Å². The molecule has 0 atom stereocenters. The number of sulfone groups is 1. The highest BCUT2D eigenvalue weighted by molar-refractivity contribution is 7.90. The SMILES string of the molecule is CNC(=O)N1CCC(NC(=O)c2cccc(C(=O)NCc3ccc(S(C)(=O)=O)cc3)n2)CC1. The number of pyridine rings is 1. The fourth-order valence-electron chi connectivity index (χ4n) is 3.46. The Hall–Kier alpha value is -3.47. The molecule has 0 radical (unpaired) electrons. The van der Waals surface area contributed by atoms with E-state index in [0.29, 0.717) is 25.9 Å². The van der Waals surface area contributed by atoms with Gasteiger partial charge in [0.15, 0.2) is 9.84 Å². The number of carbonyl (C=O) groups excluding carboxylic acids is 3. The van der Waals surface area contributed by atoms with Gasteiger partial charge in [0, 0.05) is 39.0 Å². The predicted octanol–water partition coefficient (Wildman–Crippen LogP) is 0.949. The van der Waals surface area contributed by atoms with Crippen LogP contribution in [-0.4, -0.2) is 68.6 Å². The Kier molecular flexibility index (Phi) is 7.64. The first-order valence-electron chi connectivity index (χ1n) is 10.5. The van der Waals surface area contributed by atoms with Crippen LogP contribution < -0.4 is 16.0 Å². The van der Waals surface area contributed by atoms with Crippen LogP contribution >= 0.6 is 0 Å². The van der Waals surface area contributed by atoms with Crippen molar-refractivity contribution in [2.24, 2.45) is 0 Å². The van der Waals surface area contributed by atoms with Crippen molar-refractivity contribution in [1.29, 1.82) is 0 Å². The minimum absolute atomic E-state index is 0.0763. The average molecular weight is 474 g/mol. The molecule has 0 spiro atoms. The molecule has 1 aliphatic heterocycles. The lowest BCUT2D eigenvalue weighted by Gasteiger charge is -2.31. The molecule has 33 heavy (non-hydrogen) atoms. The van der Waals surface area contributed by atoms with Gasteiger partial charge >= 0.3 is 6.03 Å². The van der Waals surface area contributed by atoms with Crippen molar-refractivity contribution in [2.45, 2.75) is 30.3 Å². The van der Waals surface area contributed by atoms with Gasteiger partial charge in [-0.3, -0.25) is 9.59 Å². The van der Waals surface area contributed by atoms with E-state index in [-0.39, 0.29) is 40.8 Å². The number of hydrogen-bond acceptors (Lipinski definition) is 6. The maximum absolute atomic E-state index is 12.6. The number of aromatic nitrogens is 1. The van der Waals surface area contributed by atoms with Gasteiger partial charge in [0.25, 0.3) is 11.8 Å². The number of piperidine rings is 1. The van der Waals surface area contributed by atoms with Crippen LogP contribution in [0.1, 0.15) is 39.4 Å². The maximum Gasteiger partial charge on any atom is 0.317 e. The average Bonchev–Trinajstić information content (AvgIpc) is 2.82. The molecule has 10 nitrogen and oxygen atoms in total. The van der Waals surface area contributed by atoms with E-state index in [1.165, 1.54) is 24.3 Å². The van der Waals surface area contributed by atoms with E-state index in [9.17, 15) is 22.8 Å². The molecule has 0 unspecified atom stereocenters. The largest absolute Gasteiger partial charge is 0.348 e. The van der Waals surface area contributed by atoms with E-state index >= 15 is 0 Å². The number of likely N-dealkylation sites (tertiary alicyclic amines) is 1. The highest BCUT2D eigenvalue weighted by Crippen LogP contribution is 2.12. The Balaban J connectivity index is 1.55. The number of hydrogen-bond donors (Lipinski definition) is 3. The third-order valence-corrected chi connectivity index (χ3v) is 6.48. The molecule has 1 fully saturated rings. The monoisotopic (exact) mass is 473 g/mol. The molecule has 0 aliphatic carbocycles. The Bertz CT molecular complexity index is 1130. The van der Waals surface area contributed by atoms with E-state index < -0.39 is 15.7 Å². The molecular weight excluding hydrogens is 446 g/mol. The van der Waals surface area contributed by atoms with Gasteiger partial charge in [0.1, 0.15) is 11.4 Å². The molecule has 11 heteroatoms. The van der Waals surface area contributed by atoms with Gasteiger partial charge in [-0.2, -0.15) is 0 Å². The molecule has 176 valence electrons. The second kappa shape index (κ2) is 10.4. The Morgan fingerprint density at radius 2 is 1.61 bits per heavy atom. The van der Waals surface area contributed by atoms with Crippen LogP contribution in [0.3, 0.4) is 0 Å². The molecule has 3 rings (SSSR count). The van der Waals surface area contributed by atoms with Gasteiger partial charge in [-0.05, 0) is 42.7 Å². The molecule has 2 aromatic rings. The third-order valence-electron chi connectivity index (χ3n) is 5.35. The summed E-state index contributed by atoms with van der Waals surface area (Å²) in [5, 5.41) is 8.22. The summed E-state index contributed by atoms with van der Waals surface area (Å²) >= 11 is 0. The standard InChI is InChI=1S/C22H27N5O5S/c1-23-22(30)27-12-10-16(11-13-27)25-21(29)19-5-3-4-18(26-19)20(28)24-14-15-6-8-17(9-7-15)33(2,31)32/h3-9,16H,10-14H2,1-2H3,(H,23,30)(H,24,28)(H,25,29). The smallest absolute Gasteiger partial charge is 0.317 e. The Morgan fingerprint density at radius 1 is 1.00 bits per heavy atom. The summed E-state index contributed by atoms with van der Waals surface area (Å²) in [6.45, 7) is 1.28. The van der Waals surface area contributed by atoms with Crippen LogP contribution in [0, 0.1) is 0 Å². The molecule has 1 saturated heterocycles. The summed E-state index contributed by atoms with van der Waals surface area (Å²) in [5.41, 5.74) is 0.964. The number of nitrogens with zero attached hydrogens (tertiary/aromatic N) is 2. The van der Waals surface area contributed by atoms with Crippen molar-refractivity contribution in [3.8, 4) is 0 Å². The van der Waals surface area contributed by atoms with Gasteiger partial charge in [0.2, 0.25) is 0 Å². The van der Waals surface area contributed by atoms with Gasteiger partial charge in [-0.15, -0.1) is 0 Å². The van der Waals surface area contributed by atoms with Gasteiger partial charge in [-0.1, -0.05) is 18.2 Å². The molecule has 3 N–H and O–H groups in total. The normalized spacial score (nSPS) is 14.4. The van der Waals surface area contributed by atoms with Crippen LogP contribution in [0.25, 0.3) is 0 Å². The lowest BCUT2D eigenvalue weighted by molar-refractivity contribution is 0.0912. The second-order valence-electron chi connectivity index (χ2n) is 7.80. The molecule has 1 aromatic heterocycles. The van der Waals surface area contributed by atoms with E-state index in [1.54, 1.807) is 30.1 Å². The summed E-state index contributed by atoms with van der Waals surface area (Å²) in [7, 11) is -1.70. The van der Waals surface area contributed by atoms with Gasteiger partial charge < -0.3 is 20.9 Å². The Morgan fingerprint density at radius 3 is 2.18 bits per heavy atom. The lowest BCUT2D eigenvalue weighted by Crippen LogP contribution is -2.48. The number of nitrogens with one attached hydrogen (secondary N) is 3. The molecule has 1 aliphatic rings. The highest BCUT2D eigenvalue weighted by Gasteiger charge is 2.24. The van der Waals surface area contributed by atoms with E-state index in [0.717, 1.165) is 11.8 Å². The van der Waals surface area contributed by atoms with E-state index in [2.05, 4.69) is 20.9 Å². The lowest BCUT2D eigenvalue weighted by atomic mass is 10.1. The zero-order valence-corrected chi connectivity index (χ0v) is 19.3. The minimum Gasteiger partial charge on any atom is -0.348 e. The second-order valence-corrected chi connectivity index (χ2v) is 9.81. The van der Waals surface area contributed by atoms with E-state index in [4.69, 9.17) is 0 Å². The fourth-order valence-corrected chi connectivity index (χ4v) is 4.09. The van der Waals surface area contributed by atoms with Gasteiger partial charge in [-0.25, -0.2) is 18.2 Å². The maximum atomic E-state index is 12.6. The molecule has 0 bridgehead atoms. The highest BCUT2D eigenvalue weighted by atomic mass is 32.2. The topological polar surface area (TPSA) is 138 Å².